The molecule has 0 spiro atoms. The Morgan fingerprint density at radius 2 is 1.86 bits per heavy atom. The van der Waals surface area contributed by atoms with Gasteiger partial charge < -0.3 is 5.32 Å². The molecule has 2 aliphatic carbocycles. The van der Waals surface area contributed by atoms with Gasteiger partial charge in [-0.15, -0.1) is 0 Å². The maximum absolute atomic E-state index is 12.5. The Kier molecular flexibility index (Phi) is 3.79. The van der Waals surface area contributed by atoms with Crippen molar-refractivity contribution in [3.63, 3.8) is 0 Å². The highest BCUT2D eigenvalue weighted by molar-refractivity contribution is 6.30. The number of rotatable bonds is 4. The van der Waals surface area contributed by atoms with Crippen molar-refractivity contribution < 1.29 is 4.79 Å². The van der Waals surface area contributed by atoms with Crippen LogP contribution < -0.4 is 5.32 Å². The summed E-state index contributed by atoms with van der Waals surface area (Å²) in [6, 6.07) is 7.74. The molecule has 112 valence electrons. The third-order valence-electron chi connectivity index (χ3n) is 3.83. The molecule has 22 heavy (non-hydrogen) atoms. The van der Waals surface area contributed by atoms with Gasteiger partial charge in [-0.05, 0) is 55.2 Å². The van der Waals surface area contributed by atoms with Gasteiger partial charge in [-0.1, -0.05) is 48.0 Å². The quantitative estimate of drug-likeness (QED) is 0.889. The van der Waals surface area contributed by atoms with E-state index in [0.717, 1.165) is 33.7 Å². The lowest BCUT2D eigenvalue weighted by Gasteiger charge is -2.27. The Hall–Kier alpha value is -2.06. The lowest BCUT2D eigenvalue weighted by Crippen LogP contribution is -2.45. The van der Waals surface area contributed by atoms with Gasteiger partial charge in [-0.25, -0.2) is 0 Å². The predicted octanol–water partition coefficient (Wildman–Crippen LogP) is 4.14. The maximum atomic E-state index is 12.5. The summed E-state index contributed by atoms with van der Waals surface area (Å²) in [5.41, 5.74) is 3.68. The molecule has 0 aliphatic heterocycles. The zero-order chi connectivity index (χ0) is 15.7. The fourth-order valence-electron chi connectivity index (χ4n) is 2.82. The SMILES string of the molecule is CC(C)(Cc1ccc(Cl)cc1)NC(=O)C1=C2C=CC=C2C=C1. The average molecular weight is 312 g/mol. The summed E-state index contributed by atoms with van der Waals surface area (Å²) < 4.78 is 0. The number of halogens is 1. The van der Waals surface area contributed by atoms with E-state index in [-0.39, 0.29) is 11.4 Å². The summed E-state index contributed by atoms with van der Waals surface area (Å²) in [5, 5.41) is 3.85. The first-order valence-electron chi connectivity index (χ1n) is 7.33. The maximum Gasteiger partial charge on any atom is 0.252 e. The first kappa shape index (κ1) is 14.9. The highest BCUT2D eigenvalue weighted by atomic mass is 35.5. The van der Waals surface area contributed by atoms with Crippen LogP contribution >= 0.6 is 11.6 Å². The van der Waals surface area contributed by atoms with Crippen molar-refractivity contribution in [3.8, 4) is 0 Å². The number of allylic oxidation sites excluding steroid dienone is 6. The van der Waals surface area contributed by atoms with Gasteiger partial charge in [-0.2, -0.15) is 0 Å². The highest BCUT2D eigenvalue weighted by Crippen LogP contribution is 2.30. The van der Waals surface area contributed by atoms with Crippen LogP contribution in [0.3, 0.4) is 0 Å². The van der Waals surface area contributed by atoms with E-state index in [2.05, 4.69) is 5.32 Å². The van der Waals surface area contributed by atoms with Crippen LogP contribution in [0.2, 0.25) is 5.02 Å². The van der Waals surface area contributed by atoms with Gasteiger partial charge in [-0.3, -0.25) is 4.79 Å². The van der Waals surface area contributed by atoms with E-state index in [1.807, 2.05) is 68.5 Å². The van der Waals surface area contributed by atoms with Gasteiger partial charge in [0.1, 0.15) is 0 Å². The molecule has 0 saturated heterocycles. The molecule has 1 aromatic carbocycles. The molecule has 3 heteroatoms. The van der Waals surface area contributed by atoms with E-state index >= 15 is 0 Å². The summed E-state index contributed by atoms with van der Waals surface area (Å²) in [5.74, 6) is -0.0276. The minimum absolute atomic E-state index is 0.0276. The van der Waals surface area contributed by atoms with Crippen LogP contribution in [0.1, 0.15) is 19.4 Å². The van der Waals surface area contributed by atoms with Crippen molar-refractivity contribution >= 4 is 17.5 Å². The molecular formula is C19H18ClNO. The van der Waals surface area contributed by atoms with Gasteiger partial charge in [0.25, 0.3) is 5.91 Å². The van der Waals surface area contributed by atoms with E-state index in [1.54, 1.807) is 0 Å². The van der Waals surface area contributed by atoms with Crippen LogP contribution in [0.25, 0.3) is 0 Å². The van der Waals surface area contributed by atoms with Crippen molar-refractivity contribution in [2.75, 3.05) is 0 Å². The number of carbonyl (C=O) groups excluding carboxylic acids is 1. The van der Waals surface area contributed by atoms with E-state index in [1.165, 1.54) is 0 Å². The number of fused-ring (bicyclic) bond motifs is 1. The summed E-state index contributed by atoms with van der Waals surface area (Å²) in [4.78, 5) is 12.5. The molecule has 0 atom stereocenters. The van der Waals surface area contributed by atoms with Crippen LogP contribution in [-0.2, 0) is 11.2 Å². The Morgan fingerprint density at radius 3 is 2.59 bits per heavy atom. The average Bonchev–Trinajstić information content (AvgIpc) is 3.02. The molecule has 3 rings (SSSR count). The van der Waals surface area contributed by atoms with E-state index in [0.29, 0.717) is 0 Å². The molecule has 1 aromatic rings. The summed E-state index contributed by atoms with van der Waals surface area (Å²) in [7, 11) is 0. The van der Waals surface area contributed by atoms with Crippen molar-refractivity contribution in [1.29, 1.82) is 0 Å². The Labute approximate surface area is 135 Å². The molecule has 2 aliphatic rings. The number of amides is 1. The van der Waals surface area contributed by atoms with Gasteiger partial charge in [0, 0.05) is 16.1 Å². The van der Waals surface area contributed by atoms with Gasteiger partial charge >= 0.3 is 0 Å². The Morgan fingerprint density at radius 1 is 1.14 bits per heavy atom. The van der Waals surface area contributed by atoms with Crippen LogP contribution in [0.15, 0.2) is 71.4 Å². The number of hydrogen-bond donors (Lipinski definition) is 1. The summed E-state index contributed by atoms with van der Waals surface area (Å²) in [6.07, 6.45) is 10.6. The van der Waals surface area contributed by atoms with Crippen LogP contribution in [-0.4, -0.2) is 11.4 Å². The van der Waals surface area contributed by atoms with Gasteiger partial charge in [0.2, 0.25) is 0 Å². The molecular weight excluding hydrogens is 294 g/mol. The number of hydrogen-bond acceptors (Lipinski definition) is 1. The lowest BCUT2D eigenvalue weighted by molar-refractivity contribution is -0.118. The van der Waals surface area contributed by atoms with Crippen molar-refractivity contribution in [2.45, 2.75) is 25.8 Å². The van der Waals surface area contributed by atoms with Crippen molar-refractivity contribution in [1.82, 2.24) is 5.32 Å². The molecule has 0 aromatic heterocycles. The minimum Gasteiger partial charge on any atom is -0.347 e. The lowest BCUT2D eigenvalue weighted by atomic mass is 9.94. The topological polar surface area (TPSA) is 29.1 Å². The van der Waals surface area contributed by atoms with Crippen LogP contribution in [0.4, 0.5) is 0 Å². The zero-order valence-electron chi connectivity index (χ0n) is 12.7. The first-order chi connectivity index (χ1) is 10.4. The van der Waals surface area contributed by atoms with Crippen LogP contribution in [0, 0.1) is 0 Å². The van der Waals surface area contributed by atoms with Crippen molar-refractivity contribution in [3.05, 3.63) is 82.0 Å². The molecule has 0 radical (unpaired) electrons. The van der Waals surface area contributed by atoms with E-state index in [4.69, 9.17) is 11.6 Å². The summed E-state index contributed by atoms with van der Waals surface area (Å²) in [6.45, 7) is 4.06. The molecule has 0 unspecified atom stereocenters. The predicted molar refractivity (Wildman–Crippen MR) is 90.8 cm³/mol. The number of nitrogens with one attached hydrogen (secondary N) is 1. The van der Waals surface area contributed by atoms with Gasteiger partial charge in [0.05, 0.1) is 0 Å². The molecule has 0 heterocycles. The molecule has 0 bridgehead atoms. The monoisotopic (exact) mass is 311 g/mol. The first-order valence-corrected chi connectivity index (χ1v) is 7.70. The zero-order valence-corrected chi connectivity index (χ0v) is 13.4. The largest absolute Gasteiger partial charge is 0.347 e. The molecule has 2 nitrogen and oxygen atoms in total. The molecule has 1 amide bonds. The second-order valence-electron chi connectivity index (χ2n) is 6.28. The molecule has 0 saturated carbocycles. The Bertz CT molecular complexity index is 733. The van der Waals surface area contributed by atoms with Crippen molar-refractivity contribution in [2.24, 2.45) is 0 Å². The molecule has 0 fully saturated rings. The van der Waals surface area contributed by atoms with Gasteiger partial charge in [0.15, 0.2) is 0 Å². The third-order valence-corrected chi connectivity index (χ3v) is 4.08. The normalized spacial score (nSPS) is 16.0. The number of carbonyl (C=O) groups is 1. The minimum atomic E-state index is -0.332. The smallest absolute Gasteiger partial charge is 0.252 e. The Balaban J connectivity index is 1.72. The van der Waals surface area contributed by atoms with E-state index < -0.39 is 0 Å². The van der Waals surface area contributed by atoms with E-state index in [9.17, 15) is 4.79 Å². The second kappa shape index (κ2) is 5.62. The highest BCUT2D eigenvalue weighted by Gasteiger charge is 2.26. The standard InChI is InChI=1S/C19H18ClNO/c1-19(2,12-13-6-9-15(20)10-7-13)21-18(22)17-11-8-14-4-3-5-16(14)17/h3-11H,12H2,1-2H3,(H,21,22). The number of benzene rings is 1. The fourth-order valence-corrected chi connectivity index (χ4v) is 2.94. The second-order valence-corrected chi connectivity index (χ2v) is 6.72. The third kappa shape index (κ3) is 3.07. The van der Waals surface area contributed by atoms with Crippen LogP contribution in [0.5, 0.6) is 0 Å². The molecule has 1 N–H and O–H groups in total. The summed E-state index contributed by atoms with van der Waals surface area (Å²) >= 11 is 5.91. The fraction of sp³-hybridized carbons (Fsp3) is 0.211.